The van der Waals surface area contributed by atoms with Gasteiger partial charge in [0.05, 0.1) is 0 Å². The van der Waals surface area contributed by atoms with Crippen molar-refractivity contribution in [1.29, 1.82) is 0 Å². The molecule has 1 unspecified atom stereocenters. The molecule has 3 nitrogen and oxygen atoms in total. The lowest BCUT2D eigenvalue weighted by molar-refractivity contribution is 0.280. The molecule has 1 atom stereocenters. The molecule has 0 saturated heterocycles. The molecule has 1 aromatic rings. The van der Waals surface area contributed by atoms with Gasteiger partial charge < -0.3 is 15.0 Å². The third kappa shape index (κ3) is 3.11. The molecule has 1 aliphatic rings. The van der Waals surface area contributed by atoms with Crippen molar-refractivity contribution >= 4 is 0 Å². The number of aliphatic hydroxyl groups excluding tert-OH is 1. The van der Waals surface area contributed by atoms with Crippen molar-refractivity contribution in [2.24, 2.45) is 0 Å². The Balaban J connectivity index is 2.05. The first-order chi connectivity index (χ1) is 8.35. The number of nitrogens with zero attached hydrogens (tertiary/aromatic N) is 1. The van der Waals surface area contributed by atoms with Gasteiger partial charge in [-0.05, 0) is 49.8 Å². The molecule has 0 bridgehead atoms. The van der Waals surface area contributed by atoms with Crippen LogP contribution in [0.1, 0.15) is 49.8 Å². The number of aromatic nitrogens is 1. The fourth-order valence-corrected chi connectivity index (χ4v) is 2.66. The summed E-state index contributed by atoms with van der Waals surface area (Å²) in [5.41, 5.74) is 2.99. The molecule has 0 amide bonds. The highest BCUT2D eigenvalue weighted by Crippen LogP contribution is 2.30. The lowest BCUT2D eigenvalue weighted by atomic mass is 9.91. The third-order valence-corrected chi connectivity index (χ3v) is 3.53. The van der Waals surface area contributed by atoms with Crippen molar-refractivity contribution in [1.82, 2.24) is 9.88 Å². The van der Waals surface area contributed by atoms with Gasteiger partial charge in [-0.2, -0.15) is 0 Å². The summed E-state index contributed by atoms with van der Waals surface area (Å²) in [6.45, 7) is 4.53. The van der Waals surface area contributed by atoms with Gasteiger partial charge in [-0.15, -0.1) is 0 Å². The quantitative estimate of drug-likeness (QED) is 0.795. The fourth-order valence-electron chi connectivity index (χ4n) is 2.66. The van der Waals surface area contributed by atoms with Crippen LogP contribution in [0, 0.1) is 0 Å². The minimum atomic E-state index is 0.278. The van der Waals surface area contributed by atoms with Gasteiger partial charge >= 0.3 is 0 Å². The van der Waals surface area contributed by atoms with Crippen molar-refractivity contribution in [3.8, 4) is 0 Å². The fraction of sp³-hybridized carbons (Fsp3) is 0.714. The number of hydrogen-bond acceptors (Lipinski definition) is 2. The van der Waals surface area contributed by atoms with Crippen molar-refractivity contribution in [2.75, 3.05) is 13.2 Å². The van der Waals surface area contributed by atoms with Crippen LogP contribution in [-0.2, 0) is 13.0 Å². The molecule has 0 saturated carbocycles. The van der Waals surface area contributed by atoms with Gasteiger partial charge in [-0.3, -0.25) is 0 Å². The van der Waals surface area contributed by atoms with Gasteiger partial charge in [-0.1, -0.05) is 6.92 Å². The second kappa shape index (κ2) is 6.22. The maximum atomic E-state index is 8.87. The molecule has 17 heavy (non-hydrogen) atoms. The van der Waals surface area contributed by atoms with Crippen LogP contribution < -0.4 is 5.32 Å². The van der Waals surface area contributed by atoms with E-state index >= 15 is 0 Å². The highest BCUT2D eigenvalue weighted by molar-refractivity contribution is 5.30. The number of fused-ring (bicyclic) bond motifs is 1. The van der Waals surface area contributed by atoms with E-state index in [1.165, 1.54) is 36.8 Å². The number of nitrogens with one attached hydrogen (secondary N) is 1. The summed E-state index contributed by atoms with van der Waals surface area (Å²) in [6, 6.07) is 0.550. The van der Waals surface area contributed by atoms with Gasteiger partial charge in [0.15, 0.2) is 0 Å². The van der Waals surface area contributed by atoms with E-state index in [1.54, 1.807) is 0 Å². The molecule has 1 heterocycles. The Hall–Kier alpha value is -0.800. The first-order valence-corrected chi connectivity index (χ1v) is 6.88. The van der Waals surface area contributed by atoms with Crippen molar-refractivity contribution in [3.63, 3.8) is 0 Å². The van der Waals surface area contributed by atoms with E-state index in [-0.39, 0.29) is 6.61 Å². The Morgan fingerprint density at radius 1 is 1.47 bits per heavy atom. The molecule has 3 heteroatoms. The highest BCUT2D eigenvalue weighted by atomic mass is 16.3. The summed E-state index contributed by atoms with van der Waals surface area (Å²) in [4.78, 5) is 0. The molecule has 2 rings (SSSR count). The van der Waals surface area contributed by atoms with Crippen LogP contribution in [0.15, 0.2) is 12.4 Å². The predicted octanol–water partition coefficient (Wildman–Crippen LogP) is 2.25. The minimum Gasteiger partial charge on any atom is -0.396 e. The molecule has 96 valence electrons. The largest absolute Gasteiger partial charge is 0.396 e. The average molecular weight is 236 g/mol. The van der Waals surface area contributed by atoms with Gasteiger partial charge in [0.1, 0.15) is 0 Å². The second-order valence-electron chi connectivity index (χ2n) is 4.95. The van der Waals surface area contributed by atoms with Crippen LogP contribution in [0.25, 0.3) is 0 Å². The summed E-state index contributed by atoms with van der Waals surface area (Å²) >= 11 is 0. The summed E-state index contributed by atoms with van der Waals surface area (Å²) in [7, 11) is 0. The number of hydrogen-bond donors (Lipinski definition) is 2. The minimum absolute atomic E-state index is 0.278. The summed E-state index contributed by atoms with van der Waals surface area (Å²) in [5.74, 6) is 0. The lowest BCUT2D eigenvalue weighted by Crippen LogP contribution is -2.24. The number of rotatable bonds is 6. The monoisotopic (exact) mass is 236 g/mol. The highest BCUT2D eigenvalue weighted by Gasteiger charge is 2.21. The Morgan fingerprint density at radius 2 is 2.35 bits per heavy atom. The molecule has 0 aromatic carbocycles. The molecular formula is C14H24N2O. The van der Waals surface area contributed by atoms with Gasteiger partial charge in [0, 0.05) is 31.6 Å². The topological polar surface area (TPSA) is 37.2 Å². The van der Waals surface area contributed by atoms with Crippen LogP contribution in [-0.4, -0.2) is 22.8 Å². The Kier molecular flexibility index (Phi) is 4.63. The van der Waals surface area contributed by atoms with Crippen LogP contribution in [0.5, 0.6) is 0 Å². The van der Waals surface area contributed by atoms with Crippen LogP contribution in [0.2, 0.25) is 0 Å². The predicted molar refractivity (Wildman–Crippen MR) is 70.1 cm³/mol. The Bertz CT molecular complexity index is 346. The molecule has 0 spiro atoms. The summed E-state index contributed by atoms with van der Waals surface area (Å²) in [5, 5.41) is 12.5. The third-order valence-electron chi connectivity index (χ3n) is 3.53. The summed E-state index contributed by atoms with van der Waals surface area (Å²) < 4.78 is 2.24. The van der Waals surface area contributed by atoms with E-state index in [1.807, 2.05) is 0 Å². The molecule has 1 aromatic heterocycles. The second-order valence-corrected chi connectivity index (χ2v) is 4.95. The van der Waals surface area contributed by atoms with Crippen LogP contribution in [0.4, 0.5) is 0 Å². The normalized spacial score (nSPS) is 19.3. The lowest BCUT2D eigenvalue weighted by Gasteiger charge is -2.23. The number of aliphatic hydroxyl groups is 1. The van der Waals surface area contributed by atoms with Crippen LogP contribution >= 0.6 is 0 Å². The molecule has 0 aliphatic heterocycles. The SMILES string of the molecule is CCCNC1CCCc2cn(CCCO)cc21. The zero-order valence-corrected chi connectivity index (χ0v) is 10.8. The van der Waals surface area contributed by atoms with Crippen molar-refractivity contribution in [2.45, 2.75) is 51.6 Å². The Labute approximate surface area is 104 Å². The first kappa shape index (κ1) is 12.7. The van der Waals surface area contributed by atoms with Gasteiger partial charge in [0.25, 0.3) is 0 Å². The van der Waals surface area contributed by atoms with Gasteiger partial charge in [0.2, 0.25) is 0 Å². The van der Waals surface area contributed by atoms with Crippen molar-refractivity contribution < 1.29 is 5.11 Å². The molecule has 2 N–H and O–H groups in total. The van der Waals surface area contributed by atoms with Crippen molar-refractivity contribution in [3.05, 3.63) is 23.5 Å². The molecule has 0 radical (unpaired) electrons. The average Bonchev–Trinajstić information content (AvgIpc) is 2.77. The van der Waals surface area contributed by atoms with E-state index in [9.17, 15) is 0 Å². The zero-order valence-electron chi connectivity index (χ0n) is 10.8. The first-order valence-electron chi connectivity index (χ1n) is 6.88. The van der Waals surface area contributed by atoms with E-state index in [2.05, 4.69) is 29.2 Å². The number of aryl methyl sites for hydroxylation is 2. The van der Waals surface area contributed by atoms with E-state index in [4.69, 9.17) is 5.11 Å². The Morgan fingerprint density at radius 3 is 3.12 bits per heavy atom. The zero-order chi connectivity index (χ0) is 12.1. The smallest absolute Gasteiger partial charge is 0.0448 e. The van der Waals surface area contributed by atoms with E-state index < -0.39 is 0 Å². The van der Waals surface area contributed by atoms with Crippen LogP contribution in [0.3, 0.4) is 0 Å². The maximum Gasteiger partial charge on any atom is 0.0448 e. The standard InChI is InChI=1S/C14H24N2O/c1-2-7-15-14-6-3-5-12-10-16(8-4-9-17)11-13(12)14/h10-11,14-15,17H,2-9H2,1H3. The maximum absolute atomic E-state index is 8.87. The summed E-state index contributed by atoms with van der Waals surface area (Å²) in [6.07, 6.45) is 10.3. The molecular weight excluding hydrogens is 212 g/mol. The molecule has 0 fully saturated rings. The van der Waals surface area contributed by atoms with Gasteiger partial charge in [-0.25, -0.2) is 0 Å². The van der Waals surface area contributed by atoms with E-state index in [0.29, 0.717) is 6.04 Å². The van der Waals surface area contributed by atoms with E-state index in [0.717, 1.165) is 19.5 Å². The molecule has 1 aliphatic carbocycles.